The van der Waals surface area contributed by atoms with E-state index in [-0.39, 0.29) is 10.6 Å². The Bertz CT molecular complexity index is 577. The number of H-pyrrole nitrogens is 1. The molecule has 0 saturated heterocycles. The molecule has 2 rings (SSSR count). The van der Waals surface area contributed by atoms with Crippen molar-refractivity contribution in [2.24, 2.45) is 0 Å². The maximum atomic E-state index is 10.9. The molecule has 0 saturated carbocycles. The van der Waals surface area contributed by atoms with Crippen molar-refractivity contribution in [3.63, 3.8) is 0 Å². The lowest BCUT2D eigenvalue weighted by atomic mass is 10.2. The number of hydrogen-bond donors (Lipinski definition) is 2. The van der Waals surface area contributed by atoms with E-state index in [0.717, 1.165) is 17.0 Å². The molecule has 0 aliphatic carbocycles. The van der Waals surface area contributed by atoms with Crippen molar-refractivity contribution in [3.05, 3.63) is 51.6 Å². The number of nitrogens with one attached hydrogen (secondary N) is 2. The first kappa shape index (κ1) is 12.1. The number of benzene rings is 1. The van der Waals surface area contributed by atoms with Gasteiger partial charge in [0.05, 0.1) is 23.5 Å². The lowest BCUT2D eigenvalue weighted by Crippen LogP contribution is -2.04. The van der Waals surface area contributed by atoms with Gasteiger partial charge in [-0.1, -0.05) is 6.07 Å². The molecule has 0 amide bonds. The zero-order valence-corrected chi connectivity index (χ0v) is 10.2. The standard InChI is InChI=1S/C12H14N4O2/c1-8-3-4-12(16(17)18)10(5-8)13-6-11-9(2)14-7-15-11/h3-5,7,13H,6H2,1-2H3,(H,14,15). The van der Waals surface area contributed by atoms with Gasteiger partial charge in [0, 0.05) is 11.8 Å². The summed E-state index contributed by atoms with van der Waals surface area (Å²) in [6.07, 6.45) is 1.61. The highest BCUT2D eigenvalue weighted by Gasteiger charge is 2.13. The van der Waals surface area contributed by atoms with Crippen molar-refractivity contribution in [2.45, 2.75) is 20.4 Å². The maximum absolute atomic E-state index is 10.9. The van der Waals surface area contributed by atoms with Crippen molar-refractivity contribution in [2.75, 3.05) is 5.32 Å². The molecule has 0 atom stereocenters. The second-order valence-corrected chi connectivity index (χ2v) is 4.11. The normalized spacial score (nSPS) is 10.3. The van der Waals surface area contributed by atoms with Gasteiger partial charge >= 0.3 is 0 Å². The van der Waals surface area contributed by atoms with E-state index in [1.165, 1.54) is 6.07 Å². The van der Waals surface area contributed by atoms with Gasteiger partial charge in [-0.2, -0.15) is 0 Å². The van der Waals surface area contributed by atoms with E-state index in [9.17, 15) is 10.1 Å². The first-order chi connectivity index (χ1) is 8.58. The largest absolute Gasteiger partial charge is 0.374 e. The van der Waals surface area contributed by atoms with E-state index >= 15 is 0 Å². The summed E-state index contributed by atoms with van der Waals surface area (Å²) in [5.41, 5.74) is 3.38. The van der Waals surface area contributed by atoms with Crippen LogP contribution in [0.5, 0.6) is 0 Å². The predicted octanol–water partition coefficient (Wildman–Crippen LogP) is 2.55. The molecule has 0 bridgehead atoms. The van der Waals surface area contributed by atoms with Crippen LogP contribution in [0.3, 0.4) is 0 Å². The molecule has 0 spiro atoms. The zero-order chi connectivity index (χ0) is 13.1. The van der Waals surface area contributed by atoms with Gasteiger partial charge in [0.15, 0.2) is 0 Å². The van der Waals surface area contributed by atoms with Gasteiger partial charge in [-0.15, -0.1) is 0 Å². The third-order valence-electron chi connectivity index (χ3n) is 2.73. The van der Waals surface area contributed by atoms with Crippen LogP contribution in [-0.4, -0.2) is 14.9 Å². The Balaban J connectivity index is 2.20. The quantitative estimate of drug-likeness (QED) is 0.641. The topological polar surface area (TPSA) is 83.8 Å². The second kappa shape index (κ2) is 4.87. The number of hydrogen-bond acceptors (Lipinski definition) is 4. The molecule has 94 valence electrons. The number of imidazole rings is 1. The second-order valence-electron chi connectivity index (χ2n) is 4.11. The Morgan fingerprint density at radius 3 is 2.83 bits per heavy atom. The van der Waals surface area contributed by atoms with Gasteiger partial charge in [-0.25, -0.2) is 4.98 Å². The van der Waals surface area contributed by atoms with Gasteiger partial charge < -0.3 is 10.3 Å². The molecule has 1 aromatic heterocycles. The number of rotatable bonds is 4. The molecule has 0 radical (unpaired) electrons. The molecule has 1 heterocycles. The molecule has 2 aromatic rings. The minimum Gasteiger partial charge on any atom is -0.374 e. The summed E-state index contributed by atoms with van der Waals surface area (Å²) in [6.45, 7) is 4.27. The molecular formula is C12H14N4O2. The van der Waals surface area contributed by atoms with Crippen LogP contribution in [0.4, 0.5) is 11.4 Å². The predicted molar refractivity (Wildman–Crippen MR) is 68.5 cm³/mol. The maximum Gasteiger partial charge on any atom is 0.292 e. The number of nitrogens with zero attached hydrogens (tertiary/aromatic N) is 2. The molecule has 1 aromatic carbocycles. The van der Waals surface area contributed by atoms with Crippen molar-refractivity contribution in [3.8, 4) is 0 Å². The van der Waals surface area contributed by atoms with Crippen LogP contribution in [0.15, 0.2) is 24.5 Å². The minimum absolute atomic E-state index is 0.0776. The lowest BCUT2D eigenvalue weighted by molar-refractivity contribution is -0.384. The van der Waals surface area contributed by atoms with Gasteiger partial charge in [-0.05, 0) is 25.5 Å². The van der Waals surface area contributed by atoms with E-state index < -0.39 is 0 Å². The molecule has 18 heavy (non-hydrogen) atoms. The fraction of sp³-hybridized carbons (Fsp3) is 0.250. The third kappa shape index (κ3) is 2.48. The number of aromatic amines is 1. The SMILES string of the molecule is Cc1ccc([N+](=O)[O-])c(NCc2nc[nH]c2C)c1. The first-order valence-electron chi connectivity index (χ1n) is 5.55. The number of nitro groups is 1. The molecule has 0 unspecified atom stereocenters. The van der Waals surface area contributed by atoms with Gasteiger partial charge in [0.25, 0.3) is 5.69 Å². The molecule has 6 heteroatoms. The number of aryl methyl sites for hydroxylation is 2. The molecule has 6 nitrogen and oxygen atoms in total. The van der Waals surface area contributed by atoms with Crippen LogP contribution < -0.4 is 5.32 Å². The molecule has 0 fully saturated rings. The summed E-state index contributed by atoms with van der Waals surface area (Å²) >= 11 is 0. The van der Waals surface area contributed by atoms with E-state index in [2.05, 4.69) is 15.3 Å². The van der Waals surface area contributed by atoms with Crippen LogP contribution in [0.1, 0.15) is 17.0 Å². The van der Waals surface area contributed by atoms with Crippen LogP contribution >= 0.6 is 0 Å². The average Bonchev–Trinajstić information content (AvgIpc) is 2.72. The fourth-order valence-corrected chi connectivity index (χ4v) is 1.70. The van der Waals surface area contributed by atoms with Crippen molar-refractivity contribution < 1.29 is 4.92 Å². The van der Waals surface area contributed by atoms with Crippen molar-refractivity contribution in [1.82, 2.24) is 9.97 Å². The Morgan fingerprint density at radius 2 is 2.22 bits per heavy atom. The van der Waals surface area contributed by atoms with Crippen molar-refractivity contribution in [1.29, 1.82) is 0 Å². The van der Waals surface area contributed by atoms with Crippen LogP contribution in [0.2, 0.25) is 0 Å². The first-order valence-corrected chi connectivity index (χ1v) is 5.55. The third-order valence-corrected chi connectivity index (χ3v) is 2.73. The average molecular weight is 246 g/mol. The van der Waals surface area contributed by atoms with E-state index in [1.54, 1.807) is 18.5 Å². The summed E-state index contributed by atoms with van der Waals surface area (Å²) in [6, 6.07) is 5.00. The van der Waals surface area contributed by atoms with Gasteiger partial charge in [0.1, 0.15) is 5.69 Å². The highest BCUT2D eigenvalue weighted by Crippen LogP contribution is 2.25. The Hall–Kier alpha value is -2.37. The van der Waals surface area contributed by atoms with Crippen LogP contribution in [-0.2, 0) is 6.54 Å². The Kier molecular flexibility index (Phi) is 3.27. The molecular weight excluding hydrogens is 232 g/mol. The molecule has 0 aliphatic rings. The zero-order valence-electron chi connectivity index (χ0n) is 10.2. The van der Waals surface area contributed by atoms with E-state index in [1.807, 2.05) is 13.8 Å². The minimum atomic E-state index is -0.390. The van der Waals surface area contributed by atoms with E-state index in [4.69, 9.17) is 0 Å². The highest BCUT2D eigenvalue weighted by molar-refractivity contribution is 5.62. The summed E-state index contributed by atoms with van der Waals surface area (Å²) in [5, 5.41) is 14.0. The monoisotopic (exact) mass is 246 g/mol. The Labute approximate surface area is 104 Å². The molecule has 2 N–H and O–H groups in total. The number of aromatic nitrogens is 2. The Morgan fingerprint density at radius 1 is 1.44 bits per heavy atom. The lowest BCUT2D eigenvalue weighted by Gasteiger charge is -2.07. The van der Waals surface area contributed by atoms with Crippen molar-refractivity contribution >= 4 is 11.4 Å². The summed E-state index contributed by atoms with van der Waals surface area (Å²) in [4.78, 5) is 17.6. The summed E-state index contributed by atoms with van der Waals surface area (Å²) < 4.78 is 0. The van der Waals surface area contributed by atoms with E-state index in [0.29, 0.717) is 12.2 Å². The fourth-order valence-electron chi connectivity index (χ4n) is 1.70. The van der Waals surface area contributed by atoms with Crippen LogP contribution in [0.25, 0.3) is 0 Å². The smallest absolute Gasteiger partial charge is 0.292 e. The highest BCUT2D eigenvalue weighted by atomic mass is 16.6. The number of anilines is 1. The summed E-state index contributed by atoms with van der Waals surface area (Å²) in [7, 11) is 0. The summed E-state index contributed by atoms with van der Waals surface area (Å²) in [5.74, 6) is 0. The number of nitro benzene ring substituents is 1. The molecule has 0 aliphatic heterocycles. The van der Waals surface area contributed by atoms with Crippen LogP contribution in [0, 0.1) is 24.0 Å². The van der Waals surface area contributed by atoms with Gasteiger partial charge in [0.2, 0.25) is 0 Å². The van der Waals surface area contributed by atoms with Gasteiger partial charge in [-0.3, -0.25) is 10.1 Å².